The van der Waals surface area contributed by atoms with Gasteiger partial charge in [0, 0.05) is 22.2 Å². The lowest BCUT2D eigenvalue weighted by Gasteiger charge is -2.14. The van der Waals surface area contributed by atoms with Crippen molar-refractivity contribution in [3.8, 4) is 11.5 Å². The lowest BCUT2D eigenvalue weighted by Crippen LogP contribution is -2.29. The van der Waals surface area contributed by atoms with Crippen molar-refractivity contribution in [1.82, 2.24) is 4.90 Å². The second kappa shape index (κ2) is 12.2. The standard InChI is InChI=1S/C27H22BrCl2NO4S/c1-34-23-13-18(12-21(28)25(23)35-16-19-9-10-20(29)15-22(19)30)14-24-26(32)31(27(33)36-24)11-5-8-17-6-3-2-4-7-17/h2-4,6-7,9-10,12-15H,5,8,11,16H2,1H3/b24-14+. The predicted molar refractivity (Wildman–Crippen MR) is 149 cm³/mol. The van der Waals surface area contributed by atoms with Crippen molar-refractivity contribution < 1.29 is 19.1 Å². The van der Waals surface area contributed by atoms with Gasteiger partial charge in [0.2, 0.25) is 0 Å². The molecule has 1 fully saturated rings. The van der Waals surface area contributed by atoms with Crippen LogP contribution >= 0.6 is 50.9 Å². The largest absolute Gasteiger partial charge is 0.493 e. The smallest absolute Gasteiger partial charge is 0.293 e. The fourth-order valence-corrected chi connectivity index (χ4v) is 5.58. The Kier molecular flexibility index (Phi) is 9.01. The van der Waals surface area contributed by atoms with Crippen LogP contribution in [0, 0.1) is 0 Å². The van der Waals surface area contributed by atoms with Crippen molar-refractivity contribution in [2.75, 3.05) is 13.7 Å². The summed E-state index contributed by atoms with van der Waals surface area (Å²) in [7, 11) is 1.54. The monoisotopic (exact) mass is 605 g/mol. The summed E-state index contributed by atoms with van der Waals surface area (Å²) >= 11 is 16.7. The van der Waals surface area contributed by atoms with E-state index in [1.807, 2.05) is 36.4 Å². The molecule has 186 valence electrons. The van der Waals surface area contributed by atoms with Crippen LogP contribution in [0.25, 0.3) is 6.08 Å². The minimum atomic E-state index is -0.286. The van der Waals surface area contributed by atoms with E-state index >= 15 is 0 Å². The third kappa shape index (κ3) is 6.45. The molecule has 1 aliphatic rings. The number of carbonyl (C=O) groups is 2. The molecule has 0 saturated carbocycles. The molecular formula is C27H22BrCl2NO4S. The lowest BCUT2D eigenvalue weighted by molar-refractivity contribution is -0.122. The fourth-order valence-electron chi connectivity index (χ4n) is 3.68. The van der Waals surface area contributed by atoms with Gasteiger partial charge in [-0.3, -0.25) is 14.5 Å². The number of halogens is 3. The number of hydrogen-bond donors (Lipinski definition) is 0. The molecule has 0 aromatic heterocycles. The average Bonchev–Trinajstić information content (AvgIpc) is 3.12. The van der Waals surface area contributed by atoms with Crippen LogP contribution in [-0.4, -0.2) is 29.7 Å². The van der Waals surface area contributed by atoms with Crippen molar-refractivity contribution in [1.29, 1.82) is 0 Å². The summed E-state index contributed by atoms with van der Waals surface area (Å²) in [5.74, 6) is 0.684. The molecule has 0 N–H and O–H groups in total. The van der Waals surface area contributed by atoms with E-state index in [-0.39, 0.29) is 17.8 Å². The van der Waals surface area contributed by atoms with Gasteiger partial charge < -0.3 is 9.47 Å². The molecule has 0 atom stereocenters. The first kappa shape index (κ1) is 26.6. The number of rotatable bonds is 9. The maximum absolute atomic E-state index is 12.9. The molecule has 0 radical (unpaired) electrons. The molecule has 5 nitrogen and oxygen atoms in total. The number of amides is 2. The summed E-state index contributed by atoms with van der Waals surface area (Å²) in [6, 6.07) is 18.8. The van der Waals surface area contributed by atoms with Crippen molar-refractivity contribution in [3.63, 3.8) is 0 Å². The van der Waals surface area contributed by atoms with Crippen LogP contribution in [-0.2, 0) is 17.8 Å². The first-order chi connectivity index (χ1) is 17.4. The quantitative estimate of drug-likeness (QED) is 0.231. The van der Waals surface area contributed by atoms with Gasteiger partial charge in [0.05, 0.1) is 16.5 Å². The summed E-state index contributed by atoms with van der Waals surface area (Å²) in [5.41, 5.74) is 2.66. The van der Waals surface area contributed by atoms with Crippen molar-refractivity contribution in [3.05, 3.63) is 96.8 Å². The van der Waals surface area contributed by atoms with Crippen molar-refractivity contribution in [2.24, 2.45) is 0 Å². The summed E-state index contributed by atoms with van der Waals surface area (Å²) in [6.45, 7) is 0.593. The number of methoxy groups -OCH3 is 1. The highest BCUT2D eigenvalue weighted by Gasteiger charge is 2.34. The highest BCUT2D eigenvalue weighted by molar-refractivity contribution is 9.10. The maximum Gasteiger partial charge on any atom is 0.293 e. The van der Waals surface area contributed by atoms with Crippen LogP contribution in [0.5, 0.6) is 11.5 Å². The Morgan fingerprint density at radius 3 is 2.56 bits per heavy atom. The average molecular weight is 607 g/mol. The number of aryl methyl sites for hydroxylation is 1. The third-order valence-corrected chi connectivity index (χ3v) is 7.58. The highest BCUT2D eigenvalue weighted by atomic mass is 79.9. The van der Waals surface area contributed by atoms with Gasteiger partial charge in [-0.2, -0.15) is 0 Å². The van der Waals surface area contributed by atoms with E-state index in [0.717, 1.165) is 23.7 Å². The van der Waals surface area contributed by atoms with E-state index in [0.29, 0.717) is 49.5 Å². The molecule has 3 aromatic carbocycles. The summed E-state index contributed by atoms with van der Waals surface area (Å²) in [6.07, 6.45) is 3.20. The molecule has 3 aromatic rings. The molecule has 0 unspecified atom stereocenters. The summed E-state index contributed by atoms with van der Waals surface area (Å²) in [5, 5.41) is 0.798. The zero-order valence-electron chi connectivity index (χ0n) is 19.3. The minimum Gasteiger partial charge on any atom is -0.493 e. The number of hydrogen-bond acceptors (Lipinski definition) is 5. The zero-order chi connectivity index (χ0) is 25.7. The van der Waals surface area contributed by atoms with Crippen molar-refractivity contribution in [2.45, 2.75) is 19.4 Å². The van der Waals surface area contributed by atoms with Crippen LogP contribution in [0.3, 0.4) is 0 Å². The first-order valence-corrected chi connectivity index (χ1v) is 13.5. The van der Waals surface area contributed by atoms with Crippen molar-refractivity contribution >= 4 is 68.1 Å². The van der Waals surface area contributed by atoms with E-state index in [4.69, 9.17) is 32.7 Å². The van der Waals surface area contributed by atoms with Crippen LogP contribution in [0.1, 0.15) is 23.1 Å². The number of ether oxygens (including phenoxy) is 2. The Balaban J connectivity index is 1.45. The Hall–Kier alpha value is -2.45. The van der Waals surface area contributed by atoms with Gasteiger partial charge in [-0.05, 0) is 82.0 Å². The van der Waals surface area contributed by atoms with Gasteiger partial charge in [0.1, 0.15) is 6.61 Å². The number of nitrogens with zero attached hydrogens (tertiary/aromatic N) is 1. The van der Waals surface area contributed by atoms with Gasteiger partial charge in [-0.1, -0.05) is 59.6 Å². The molecule has 9 heteroatoms. The highest BCUT2D eigenvalue weighted by Crippen LogP contribution is 2.40. The van der Waals surface area contributed by atoms with Crippen LogP contribution in [0.4, 0.5) is 4.79 Å². The van der Waals surface area contributed by atoms with Crippen LogP contribution in [0.15, 0.2) is 70.0 Å². The van der Waals surface area contributed by atoms with E-state index in [1.165, 1.54) is 17.6 Å². The van der Waals surface area contributed by atoms with Crippen LogP contribution < -0.4 is 9.47 Å². The fraction of sp³-hybridized carbons (Fsp3) is 0.185. The zero-order valence-corrected chi connectivity index (χ0v) is 23.2. The second-order valence-electron chi connectivity index (χ2n) is 7.98. The first-order valence-electron chi connectivity index (χ1n) is 11.1. The van der Waals surface area contributed by atoms with Gasteiger partial charge in [-0.15, -0.1) is 0 Å². The second-order valence-corrected chi connectivity index (χ2v) is 10.7. The Morgan fingerprint density at radius 1 is 1.06 bits per heavy atom. The van der Waals surface area contributed by atoms with E-state index in [2.05, 4.69) is 15.9 Å². The number of carbonyl (C=O) groups excluding carboxylic acids is 2. The minimum absolute atomic E-state index is 0.214. The topological polar surface area (TPSA) is 55.8 Å². The molecule has 1 heterocycles. The van der Waals surface area contributed by atoms with E-state index < -0.39 is 0 Å². The van der Waals surface area contributed by atoms with Gasteiger partial charge in [-0.25, -0.2) is 0 Å². The Labute approximate surface area is 232 Å². The molecule has 4 rings (SSSR count). The SMILES string of the molecule is COc1cc(/C=C2/SC(=O)N(CCCc3ccccc3)C2=O)cc(Br)c1OCc1ccc(Cl)cc1Cl. The summed E-state index contributed by atoms with van der Waals surface area (Å²) < 4.78 is 12.1. The molecule has 0 aliphatic carbocycles. The maximum atomic E-state index is 12.9. The van der Waals surface area contributed by atoms with Crippen LogP contribution in [0.2, 0.25) is 10.0 Å². The molecule has 0 spiro atoms. The predicted octanol–water partition coefficient (Wildman–Crippen LogP) is 8.01. The lowest BCUT2D eigenvalue weighted by atomic mass is 10.1. The van der Waals surface area contributed by atoms with E-state index in [9.17, 15) is 9.59 Å². The Morgan fingerprint density at radius 2 is 1.83 bits per heavy atom. The molecule has 1 saturated heterocycles. The normalized spacial score (nSPS) is 14.6. The van der Waals surface area contributed by atoms with Gasteiger partial charge >= 0.3 is 0 Å². The molecular weight excluding hydrogens is 585 g/mol. The third-order valence-electron chi connectivity index (χ3n) is 5.50. The van der Waals surface area contributed by atoms with E-state index in [1.54, 1.807) is 30.3 Å². The Bertz CT molecular complexity index is 1320. The number of imide groups is 1. The summed E-state index contributed by atoms with van der Waals surface area (Å²) in [4.78, 5) is 27.1. The molecule has 36 heavy (non-hydrogen) atoms. The molecule has 0 bridgehead atoms. The van der Waals surface area contributed by atoms with Gasteiger partial charge in [0.25, 0.3) is 11.1 Å². The molecule has 2 amide bonds. The number of benzene rings is 3. The number of thioether (sulfide) groups is 1. The molecule has 1 aliphatic heterocycles. The van der Waals surface area contributed by atoms with Gasteiger partial charge in [0.15, 0.2) is 11.5 Å².